The zero-order valence-corrected chi connectivity index (χ0v) is 27.4. The van der Waals surface area contributed by atoms with Crippen LogP contribution in [0.25, 0.3) is 0 Å². The van der Waals surface area contributed by atoms with Crippen LogP contribution in [-0.4, -0.2) is 60.7 Å². The first-order valence-corrected chi connectivity index (χ1v) is 18.0. The quantitative estimate of drug-likeness (QED) is 0.366. The number of ether oxygens (including phenoxy) is 1. The second-order valence-electron chi connectivity index (χ2n) is 13.3. The van der Waals surface area contributed by atoms with Gasteiger partial charge in [0.2, 0.25) is 21.8 Å². The number of hydrogen-bond acceptors (Lipinski definition) is 9. The number of allylic oxidation sites excluding steroid dienone is 1. The van der Waals surface area contributed by atoms with Gasteiger partial charge in [-0.3, -0.25) is 4.79 Å². The van der Waals surface area contributed by atoms with Gasteiger partial charge < -0.3 is 19.2 Å². The molecule has 1 saturated carbocycles. The van der Waals surface area contributed by atoms with Crippen LogP contribution >= 0.6 is 11.6 Å². The molecule has 2 bridgehead atoms. The van der Waals surface area contributed by atoms with Crippen molar-refractivity contribution in [3.8, 4) is 5.75 Å². The number of rotatable bonds is 2. The molecule has 4 aliphatic rings. The summed E-state index contributed by atoms with van der Waals surface area (Å²) >= 11 is 6.40. The predicted octanol–water partition coefficient (Wildman–Crippen LogP) is 4.91. The van der Waals surface area contributed by atoms with Crippen LogP contribution in [0.3, 0.4) is 0 Å². The fraction of sp³-hybridized carbons (Fsp3) is 0.500. The van der Waals surface area contributed by atoms with Crippen LogP contribution in [0.4, 0.5) is 5.69 Å². The standard InChI is InChI=1S/C34H39ClN4O6S/c1-21-36-37-32(45-21)17-26-6-2-3-7-30(40)27-11-8-24(27)18-39-19-34(14-4-5-22-15-25(35)10-12-28(22)34)20-44-31-13-9-23(16-29(31)39)33(41)38-46(26,42)43/h3,7,9-10,12-13,15-16,24,26-27,30,40H,2,4-6,8,11,14,17-20H2,1H3,(H,38,41)/b7-3+/t24-,26-,27+,30-,34-/m0/s1. The molecule has 2 N–H and O–H groups in total. The molecule has 12 heteroatoms. The summed E-state index contributed by atoms with van der Waals surface area (Å²) in [6.45, 7) is 3.46. The molecular formula is C34H39ClN4O6S. The van der Waals surface area contributed by atoms with Gasteiger partial charge in [0, 0.05) is 42.4 Å². The molecule has 2 aliphatic carbocycles. The molecule has 1 spiro atoms. The second kappa shape index (κ2) is 12.3. The van der Waals surface area contributed by atoms with E-state index in [1.54, 1.807) is 31.2 Å². The highest BCUT2D eigenvalue weighted by atomic mass is 35.5. The molecule has 2 aliphatic heterocycles. The Morgan fingerprint density at radius 2 is 2.02 bits per heavy atom. The molecule has 0 saturated heterocycles. The van der Waals surface area contributed by atoms with Crippen molar-refractivity contribution in [3.05, 3.63) is 82.0 Å². The Labute approximate surface area is 274 Å². The van der Waals surface area contributed by atoms with Crippen molar-refractivity contribution < 1.29 is 27.5 Å². The highest BCUT2D eigenvalue weighted by molar-refractivity contribution is 7.90. The number of carbonyl (C=O) groups excluding carboxylic acids is 1. The summed E-state index contributed by atoms with van der Waals surface area (Å²) < 4.78 is 41.6. The van der Waals surface area contributed by atoms with Crippen LogP contribution in [-0.2, 0) is 28.3 Å². The fourth-order valence-electron chi connectivity index (χ4n) is 7.72. The molecule has 2 aromatic carbocycles. The van der Waals surface area contributed by atoms with Gasteiger partial charge in [-0.05, 0) is 98.2 Å². The number of aromatic nitrogens is 2. The van der Waals surface area contributed by atoms with Crippen molar-refractivity contribution >= 4 is 33.2 Å². The number of aryl methyl sites for hydroxylation is 2. The van der Waals surface area contributed by atoms with Crippen LogP contribution in [0.15, 0.2) is 53.0 Å². The molecule has 1 amide bonds. The molecule has 46 heavy (non-hydrogen) atoms. The number of benzene rings is 2. The van der Waals surface area contributed by atoms with E-state index in [0.717, 1.165) is 42.8 Å². The Bertz CT molecular complexity index is 1780. The van der Waals surface area contributed by atoms with E-state index in [1.165, 1.54) is 11.1 Å². The number of amides is 1. The van der Waals surface area contributed by atoms with Crippen LogP contribution in [0.1, 0.15) is 71.8 Å². The van der Waals surface area contributed by atoms with Gasteiger partial charge in [0.25, 0.3) is 5.91 Å². The number of nitrogens with one attached hydrogen (secondary N) is 1. The van der Waals surface area contributed by atoms with E-state index in [0.29, 0.717) is 37.8 Å². The smallest absolute Gasteiger partial charge is 0.264 e. The van der Waals surface area contributed by atoms with Crippen molar-refractivity contribution in [2.75, 3.05) is 24.6 Å². The van der Waals surface area contributed by atoms with E-state index in [1.807, 2.05) is 12.1 Å². The number of aliphatic hydroxyl groups excluding tert-OH is 1. The molecule has 3 heterocycles. The van der Waals surface area contributed by atoms with E-state index in [9.17, 15) is 18.3 Å². The summed E-state index contributed by atoms with van der Waals surface area (Å²) in [5.74, 6) is 0.800. The highest BCUT2D eigenvalue weighted by Crippen LogP contribution is 2.46. The molecule has 3 aromatic rings. The Morgan fingerprint density at radius 1 is 1.15 bits per heavy atom. The Kier molecular flexibility index (Phi) is 8.35. The molecule has 10 nitrogen and oxygen atoms in total. The Balaban J connectivity index is 1.26. The predicted molar refractivity (Wildman–Crippen MR) is 174 cm³/mol. The average molecular weight is 667 g/mol. The first kappa shape index (κ1) is 31.2. The van der Waals surface area contributed by atoms with E-state index in [-0.39, 0.29) is 41.5 Å². The van der Waals surface area contributed by atoms with Crippen molar-refractivity contribution in [1.82, 2.24) is 14.9 Å². The van der Waals surface area contributed by atoms with Crippen LogP contribution in [0.2, 0.25) is 5.02 Å². The summed E-state index contributed by atoms with van der Waals surface area (Å²) in [4.78, 5) is 15.9. The van der Waals surface area contributed by atoms with Gasteiger partial charge in [-0.25, -0.2) is 13.1 Å². The molecule has 244 valence electrons. The lowest BCUT2D eigenvalue weighted by Crippen LogP contribution is -2.49. The van der Waals surface area contributed by atoms with Gasteiger partial charge in [0.05, 0.1) is 23.6 Å². The van der Waals surface area contributed by atoms with E-state index >= 15 is 0 Å². The number of nitrogens with zero attached hydrogens (tertiary/aromatic N) is 3. The number of anilines is 1. The number of hydrogen-bond donors (Lipinski definition) is 2. The lowest BCUT2D eigenvalue weighted by atomic mass is 9.68. The van der Waals surface area contributed by atoms with Gasteiger partial charge in [-0.1, -0.05) is 29.8 Å². The highest BCUT2D eigenvalue weighted by Gasteiger charge is 2.44. The SMILES string of the molecule is Cc1nnc(C[C@@H]2CC/C=C/[C@H](O)[C@@H]3CC[C@H]3CN3C[C@@]4(CCCc5cc(Cl)ccc54)COc4ccc(cc43)C(=O)NS2(=O)=O)o1. The molecule has 7 rings (SSSR count). The first-order valence-electron chi connectivity index (χ1n) is 16.1. The normalized spacial score (nSPS) is 29.8. The Morgan fingerprint density at radius 3 is 2.80 bits per heavy atom. The topological polar surface area (TPSA) is 135 Å². The van der Waals surface area contributed by atoms with Gasteiger partial charge in [-0.2, -0.15) is 0 Å². The van der Waals surface area contributed by atoms with Crippen molar-refractivity contribution in [3.63, 3.8) is 0 Å². The molecule has 0 unspecified atom stereocenters. The summed E-state index contributed by atoms with van der Waals surface area (Å²) in [6.07, 6.45) is 8.38. The number of sulfonamides is 1. The summed E-state index contributed by atoms with van der Waals surface area (Å²) in [5.41, 5.74) is 3.17. The van der Waals surface area contributed by atoms with E-state index in [2.05, 4.69) is 32.0 Å². The Hall–Kier alpha value is -3.41. The molecule has 1 fully saturated rings. The third-order valence-corrected chi connectivity index (χ3v) is 12.3. The molecule has 1 aromatic heterocycles. The monoisotopic (exact) mass is 666 g/mol. The molecule has 0 radical (unpaired) electrons. The van der Waals surface area contributed by atoms with Crippen LogP contribution in [0, 0.1) is 18.8 Å². The lowest BCUT2D eigenvalue weighted by molar-refractivity contribution is 0.0456. The van der Waals surface area contributed by atoms with Crippen molar-refractivity contribution in [2.45, 2.75) is 75.1 Å². The van der Waals surface area contributed by atoms with Crippen LogP contribution < -0.4 is 14.4 Å². The minimum absolute atomic E-state index is 0.0366. The summed E-state index contributed by atoms with van der Waals surface area (Å²) in [5, 5.41) is 18.7. The number of carbonyl (C=O) groups is 1. The zero-order valence-electron chi connectivity index (χ0n) is 25.8. The van der Waals surface area contributed by atoms with Gasteiger partial charge in [-0.15, -0.1) is 10.2 Å². The van der Waals surface area contributed by atoms with E-state index in [4.69, 9.17) is 20.8 Å². The molecular weight excluding hydrogens is 628 g/mol. The summed E-state index contributed by atoms with van der Waals surface area (Å²) in [6, 6.07) is 11.3. The maximum Gasteiger partial charge on any atom is 0.264 e. The van der Waals surface area contributed by atoms with Gasteiger partial charge >= 0.3 is 0 Å². The van der Waals surface area contributed by atoms with E-state index < -0.39 is 27.3 Å². The number of fused-ring (bicyclic) bond motifs is 4. The van der Waals surface area contributed by atoms with Crippen molar-refractivity contribution in [2.24, 2.45) is 11.8 Å². The first-order chi connectivity index (χ1) is 22.1. The fourth-order valence-corrected chi connectivity index (χ4v) is 9.27. The molecule has 5 atom stereocenters. The lowest BCUT2D eigenvalue weighted by Gasteiger charge is -2.45. The number of halogens is 1. The largest absolute Gasteiger partial charge is 0.490 e. The average Bonchev–Trinajstić information content (AvgIpc) is 3.35. The number of aliphatic hydroxyl groups is 1. The van der Waals surface area contributed by atoms with Gasteiger partial charge in [0.15, 0.2) is 0 Å². The second-order valence-corrected chi connectivity index (χ2v) is 15.7. The van der Waals surface area contributed by atoms with Crippen LogP contribution in [0.5, 0.6) is 5.75 Å². The zero-order chi connectivity index (χ0) is 32.1. The minimum Gasteiger partial charge on any atom is -0.490 e. The third kappa shape index (κ3) is 6.04. The maximum atomic E-state index is 13.6. The maximum absolute atomic E-state index is 13.6. The van der Waals surface area contributed by atoms with Crippen molar-refractivity contribution in [1.29, 1.82) is 0 Å². The minimum atomic E-state index is -4.14. The third-order valence-electron chi connectivity index (χ3n) is 10.3. The van der Waals surface area contributed by atoms with Gasteiger partial charge in [0.1, 0.15) is 5.75 Å². The summed E-state index contributed by atoms with van der Waals surface area (Å²) in [7, 11) is -4.14.